The maximum atomic E-state index is 5.82. The molecule has 0 unspecified atom stereocenters. The Kier molecular flexibility index (Phi) is 5.88. The van der Waals surface area contributed by atoms with Gasteiger partial charge in [0.25, 0.3) is 0 Å². The molecule has 0 aliphatic heterocycles. The second-order valence-corrected chi connectivity index (χ2v) is 5.74. The normalized spacial score (nSPS) is 10.4. The SMILES string of the molecule is C=C(Cl)Cc1ccc(CCCCc2ccccc2)cc1. The first-order chi connectivity index (χ1) is 9.74. The minimum absolute atomic E-state index is 0.695. The van der Waals surface area contributed by atoms with E-state index in [1.165, 1.54) is 36.0 Å². The van der Waals surface area contributed by atoms with Crippen LogP contribution in [0.3, 0.4) is 0 Å². The first-order valence-corrected chi connectivity index (χ1v) is 7.57. The van der Waals surface area contributed by atoms with E-state index in [1.54, 1.807) is 0 Å². The van der Waals surface area contributed by atoms with Gasteiger partial charge in [0.15, 0.2) is 0 Å². The van der Waals surface area contributed by atoms with Crippen LogP contribution in [0.4, 0.5) is 0 Å². The molecule has 0 radical (unpaired) electrons. The molecule has 0 aliphatic carbocycles. The third kappa shape index (κ3) is 5.22. The zero-order chi connectivity index (χ0) is 14.2. The van der Waals surface area contributed by atoms with Crippen LogP contribution in [-0.4, -0.2) is 0 Å². The van der Waals surface area contributed by atoms with Gasteiger partial charge in [-0.15, -0.1) is 0 Å². The fraction of sp³-hybridized carbons (Fsp3) is 0.263. The molecule has 0 aromatic heterocycles. The molecule has 2 aromatic carbocycles. The number of unbranched alkanes of at least 4 members (excludes halogenated alkanes) is 1. The van der Waals surface area contributed by atoms with E-state index in [1.807, 2.05) is 0 Å². The number of halogens is 1. The Labute approximate surface area is 127 Å². The molecule has 104 valence electrons. The van der Waals surface area contributed by atoms with Crippen LogP contribution in [0.5, 0.6) is 0 Å². The molecule has 0 aliphatic rings. The van der Waals surface area contributed by atoms with E-state index in [9.17, 15) is 0 Å². The van der Waals surface area contributed by atoms with E-state index in [-0.39, 0.29) is 0 Å². The summed E-state index contributed by atoms with van der Waals surface area (Å²) in [7, 11) is 0. The van der Waals surface area contributed by atoms with Gasteiger partial charge in [-0.1, -0.05) is 72.8 Å². The largest absolute Gasteiger partial charge is 0.0894 e. The molecule has 0 heterocycles. The first-order valence-electron chi connectivity index (χ1n) is 7.19. The average molecular weight is 285 g/mol. The fourth-order valence-electron chi connectivity index (χ4n) is 2.35. The number of hydrogen-bond acceptors (Lipinski definition) is 0. The van der Waals surface area contributed by atoms with Gasteiger partial charge in [-0.25, -0.2) is 0 Å². The van der Waals surface area contributed by atoms with E-state index in [0.717, 1.165) is 12.8 Å². The van der Waals surface area contributed by atoms with E-state index in [4.69, 9.17) is 11.6 Å². The van der Waals surface area contributed by atoms with Crippen molar-refractivity contribution in [3.63, 3.8) is 0 Å². The van der Waals surface area contributed by atoms with Gasteiger partial charge >= 0.3 is 0 Å². The number of rotatable bonds is 7. The van der Waals surface area contributed by atoms with Gasteiger partial charge in [0.05, 0.1) is 0 Å². The summed E-state index contributed by atoms with van der Waals surface area (Å²) >= 11 is 5.82. The van der Waals surface area contributed by atoms with Crippen LogP contribution in [0, 0.1) is 0 Å². The summed E-state index contributed by atoms with van der Waals surface area (Å²) in [5.74, 6) is 0. The molecule has 20 heavy (non-hydrogen) atoms. The summed E-state index contributed by atoms with van der Waals surface area (Å²) in [5, 5.41) is 0.695. The second-order valence-electron chi connectivity index (χ2n) is 5.20. The molecule has 0 saturated carbocycles. The Balaban J connectivity index is 1.73. The Morgan fingerprint density at radius 2 is 1.25 bits per heavy atom. The second kappa shape index (κ2) is 7.91. The van der Waals surface area contributed by atoms with Gasteiger partial charge in [-0.3, -0.25) is 0 Å². The number of benzene rings is 2. The fourth-order valence-corrected chi connectivity index (χ4v) is 2.50. The Morgan fingerprint density at radius 3 is 1.80 bits per heavy atom. The first kappa shape index (κ1) is 14.9. The minimum Gasteiger partial charge on any atom is -0.0894 e. The number of hydrogen-bond donors (Lipinski definition) is 0. The zero-order valence-electron chi connectivity index (χ0n) is 11.8. The van der Waals surface area contributed by atoms with Crippen LogP contribution in [0.1, 0.15) is 29.5 Å². The van der Waals surface area contributed by atoms with Gasteiger partial charge in [-0.05, 0) is 42.4 Å². The molecular weight excluding hydrogens is 264 g/mol. The van der Waals surface area contributed by atoms with E-state index in [0.29, 0.717) is 5.03 Å². The summed E-state index contributed by atoms with van der Waals surface area (Å²) in [5.41, 5.74) is 4.07. The highest BCUT2D eigenvalue weighted by atomic mass is 35.5. The highest BCUT2D eigenvalue weighted by molar-refractivity contribution is 6.29. The molecule has 0 amide bonds. The number of allylic oxidation sites excluding steroid dienone is 1. The van der Waals surface area contributed by atoms with Crippen molar-refractivity contribution in [3.05, 3.63) is 82.9 Å². The van der Waals surface area contributed by atoms with Crippen molar-refractivity contribution in [2.45, 2.75) is 32.1 Å². The van der Waals surface area contributed by atoms with Crippen LogP contribution in [0.25, 0.3) is 0 Å². The lowest BCUT2D eigenvalue weighted by Crippen LogP contribution is -1.90. The lowest BCUT2D eigenvalue weighted by atomic mass is 10.0. The zero-order valence-corrected chi connectivity index (χ0v) is 12.6. The summed E-state index contributed by atoms with van der Waals surface area (Å²) in [6, 6.07) is 19.4. The minimum atomic E-state index is 0.695. The third-order valence-corrected chi connectivity index (χ3v) is 3.58. The monoisotopic (exact) mass is 284 g/mol. The summed E-state index contributed by atoms with van der Waals surface area (Å²) < 4.78 is 0. The molecule has 2 aromatic rings. The third-order valence-electron chi connectivity index (χ3n) is 3.44. The van der Waals surface area contributed by atoms with Crippen molar-refractivity contribution in [1.82, 2.24) is 0 Å². The summed E-state index contributed by atoms with van der Waals surface area (Å²) in [4.78, 5) is 0. The van der Waals surface area contributed by atoms with Crippen LogP contribution in [0.15, 0.2) is 66.2 Å². The van der Waals surface area contributed by atoms with Crippen molar-refractivity contribution in [3.8, 4) is 0 Å². The summed E-state index contributed by atoms with van der Waals surface area (Å²) in [6.45, 7) is 3.73. The predicted molar refractivity (Wildman–Crippen MR) is 88.2 cm³/mol. The molecular formula is C19H21Cl. The topological polar surface area (TPSA) is 0 Å². The Morgan fingerprint density at radius 1 is 0.750 bits per heavy atom. The molecule has 0 spiro atoms. The molecule has 0 nitrogen and oxygen atoms in total. The molecule has 0 saturated heterocycles. The maximum absolute atomic E-state index is 5.82. The molecule has 0 N–H and O–H groups in total. The van der Waals surface area contributed by atoms with Gasteiger partial charge < -0.3 is 0 Å². The average Bonchev–Trinajstić information content (AvgIpc) is 2.46. The lowest BCUT2D eigenvalue weighted by molar-refractivity contribution is 0.734. The van der Waals surface area contributed by atoms with Crippen molar-refractivity contribution in [1.29, 1.82) is 0 Å². The van der Waals surface area contributed by atoms with Gasteiger partial charge in [0.2, 0.25) is 0 Å². The van der Waals surface area contributed by atoms with E-state index >= 15 is 0 Å². The molecule has 0 fully saturated rings. The molecule has 1 heteroatoms. The smallest absolute Gasteiger partial charge is 0.0153 e. The van der Waals surface area contributed by atoms with Gasteiger partial charge in [0.1, 0.15) is 0 Å². The van der Waals surface area contributed by atoms with Crippen LogP contribution >= 0.6 is 11.6 Å². The van der Waals surface area contributed by atoms with Crippen LogP contribution in [-0.2, 0) is 19.3 Å². The summed E-state index contributed by atoms with van der Waals surface area (Å²) in [6.07, 6.45) is 5.55. The van der Waals surface area contributed by atoms with Crippen molar-refractivity contribution >= 4 is 11.6 Å². The lowest BCUT2D eigenvalue weighted by Gasteiger charge is -2.04. The number of aryl methyl sites for hydroxylation is 2. The highest BCUT2D eigenvalue weighted by Crippen LogP contribution is 2.13. The van der Waals surface area contributed by atoms with E-state index < -0.39 is 0 Å². The standard InChI is InChI=1S/C19H21Cl/c1-16(20)15-19-13-11-18(12-14-19)10-6-5-9-17-7-3-2-4-8-17/h2-4,7-8,11-14H,1,5-6,9-10,15H2. The molecule has 0 atom stereocenters. The van der Waals surface area contributed by atoms with Crippen LogP contribution < -0.4 is 0 Å². The Hall–Kier alpha value is -1.53. The Bertz CT molecular complexity index is 525. The highest BCUT2D eigenvalue weighted by Gasteiger charge is 1.98. The van der Waals surface area contributed by atoms with Crippen molar-refractivity contribution in [2.75, 3.05) is 0 Å². The molecule has 2 rings (SSSR count). The molecule has 0 bridgehead atoms. The quantitative estimate of drug-likeness (QED) is 0.585. The predicted octanol–water partition coefficient (Wildman–Crippen LogP) is 5.55. The van der Waals surface area contributed by atoms with E-state index in [2.05, 4.69) is 61.2 Å². The maximum Gasteiger partial charge on any atom is 0.0153 e. The van der Waals surface area contributed by atoms with Crippen molar-refractivity contribution in [2.24, 2.45) is 0 Å². The van der Waals surface area contributed by atoms with Crippen LogP contribution in [0.2, 0.25) is 0 Å². The van der Waals surface area contributed by atoms with Crippen molar-refractivity contribution < 1.29 is 0 Å². The van der Waals surface area contributed by atoms with Gasteiger partial charge in [-0.2, -0.15) is 0 Å². The van der Waals surface area contributed by atoms with Gasteiger partial charge in [0, 0.05) is 11.5 Å².